The first-order chi connectivity index (χ1) is 19.0. The molecule has 11 heteroatoms. The molecule has 41 heavy (non-hydrogen) atoms. The first-order valence-corrected chi connectivity index (χ1v) is 13.4. The van der Waals surface area contributed by atoms with E-state index in [-0.39, 0.29) is 42.5 Å². The Kier molecular flexibility index (Phi) is 9.24. The number of nitrogens with zero attached hydrogens (tertiary/aromatic N) is 1. The van der Waals surface area contributed by atoms with Gasteiger partial charge in [0.15, 0.2) is 0 Å². The molecule has 5 rings (SSSR count). The first-order valence-electron chi connectivity index (χ1n) is 13.4. The molecular formula is C30H32ClF3N4O3. The molecule has 3 N–H and O–H groups in total. The summed E-state index contributed by atoms with van der Waals surface area (Å²) in [6.45, 7) is 4.09. The lowest BCUT2D eigenvalue weighted by Gasteiger charge is -2.25. The van der Waals surface area contributed by atoms with Gasteiger partial charge in [0.05, 0.1) is 5.56 Å². The van der Waals surface area contributed by atoms with Crippen LogP contribution in [0.1, 0.15) is 54.5 Å². The number of rotatable bonds is 7. The Bertz CT molecular complexity index is 1440. The van der Waals surface area contributed by atoms with E-state index in [4.69, 9.17) is 4.74 Å². The van der Waals surface area contributed by atoms with Crippen molar-refractivity contribution in [3.05, 3.63) is 76.5 Å². The fraction of sp³-hybridized carbons (Fsp3) is 0.367. The molecule has 2 heterocycles. The summed E-state index contributed by atoms with van der Waals surface area (Å²) >= 11 is 0. The fourth-order valence-electron chi connectivity index (χ4n) is 5.10. The number of alkyl halides is 3. The van der Waals surface area contributed by atoms with Crippen LogP contribution in [0.5, 0.6) is 11.5 Å². The van der Waals surface area contributed by atoms with Crippen molar-refractivity contribution in [2.45, 2.75) is 64.7 Å². The van der Waals surface area contributed by atoms with Crippen molar-refractivity contribution in [1.29, 1.82) is 0 Å². The number of pyridine rings is 1. The summed E-state index contributed by atoms with van der Waals surface area (Å²) in [5, 5.41) is 8.62. The molecule has 0 radical (unpaired) electrons. The Hall–Kier alpha value is -3.63. The van der Waals surface area contributed by atoms with E-state index in [1.54, 1.807) is 18.3 Å². The number of halogens is 4. The second-order valence-corrected chi connectivity index (χ2v) is 10.6. The minimum absolute atomic E-state index is 0. The zero-order chi connectivity index (χ0) is 28.4. The normalized spacial score (nSPS) is 16.2. The van der Waals surface area contributed by atoms with Gasteiger partial charge in [-0.25, -0.2) is 4.98 Å². The van der Waals surface area contributed by atoms with E-state index in [9.17, 15) is 22.8 Å². The van der Waals surface area contributed by atoms with Crippen molar-refractivity contribution in [1.82, 2.24) is 10.3 Å². The number of carbonyl (C=O) groups is 2. The van der Waals surface area contributed by atoms with Gasteiger partial charge in [-0.1, -0.05) is 19.9 Å². The molecule has 0 saturated carbocycles. The number of aromatic nitrogens is 1. The topological polar surface area (TPSA) is 92.3 Å². The zero-order valence-electron chi connectivity index (χ0n) is 22.7. The molecule has 2 amide bonds. The number of benzene rings is 2. The number of hydrogen-bond donors (Lipinski definition) is 3. The van der Waals surface area contributed by atoms with Crippen molar-refractivity contribution < 1.29 is 27.5 Å². The van der Waals surface area contributed by atoms with E-state index in [0.717, 1.165) is 28.8 Å². The van der Waals surface area contributed by atoms with Crippen LogP contribution in [0, 0.1) is 5.92 Å². The summed E-state index contributed by atoms with van der Waals surface area (Å²) < 4.78 is 46.8. The first kappa shape index (κ1) is 30.3. The molecule has 1 aliphatic carbocycles. The molecule has 218 valence electrons. The van der Waals surface area contributed by atoms with Crippen LogP contribution in [0.4, 0.5) is 24.7 Å². The largest absolute Gasteiger partial charge is 0.457 e. The summed E-state index contributed by atoms with van der Waals surface area (Å²) in [7, 11) is 0. The number of anilines is 2. The number of carbonyl (C=O) groups excluding carboxylic acids is 2. The highest BCUT2D eigenvalue weighted by Gasteiger charge is 2.32. The maximum Gasteiger partial charge on any atom is 0.416 e. The monoisotopic (exact) mass is 588 g/mol. The standard InChI is InChI=1S/C30H31F3N4O3.ClH/c1-17(2)35-16-18-11-22(30(31,32)33)15-23(12-18)36-29(39)20-4-3-19-5-6-24(14-21(19)13-20)40-26-9-10-34-28-25(26)7-8-27(38)37-28;/h5-6,9-12,14-15,17,20,35H,3-4,7-8,13,16H2,1-2H3,(H,36,39)(H,34,37,38);1H/t20-;/m0./s1. The molecule has 0 bridgehead atoms. The predicted octanol–water partition coefficient (Wildman–Crippen LogP) is 6.44. The zero-order valence-corrected chi connectivity index (χ0v) is 23.5. The summed E-state index contributed by atoms with van der Waals surface area (Å²) in [5.41, 5.74) is 2.71. The van der Waals surface area contributed by atoms with Gasteiger partial charge in [0.2, 0.25) is 11.8 Å². The smallest absolute Gasteiger partial charge is 0.416 e. The fourth-order valence-corrected chi connectivity index (χ4v) is 5.10. The molecular weight excluding hydrogens is 557 g/mol. The van der Waals surface area contributed by atoms with Crippen molar-refractivity contribution in [2.24, 2.45) is 5.92 Å². The lowest BCUT2D eigenvalue weighted by atomic mass is 9.83. The highest BCUT2D eigenvalue weighted by atomic mass is 35.5. The van der Waals surface area contributed by atoms with Crippen LogP contribution in [0.15, 0.2) is 48.7 Å². The second-order valence-electron chi connectivity index (χ2n) is 10.6. The van der Waals surface area contributed by atoms with Gasteiger partial charge < -0.3 is 20.7 Å². The number of hydrogen-bond acceptors (Lipinski definition) is 5. The number of ether oxygens (including phenoxy) is 1. The number of fused-ring (bicyclic) bond motifs is 2. The van der Waals surface area contributed by atoms with Crippen molar-refractivity contribution in [2.75, 3.05) is 10.6 Å². The Balaban J connectivity index is 0.00000387. The number of nitrogens with one attached hydrogen (secondary N) is 3. The van der Waals surface area contributed by atoms with Crippen LogP contribution in [-0.4, -0.2) is 22.8 Å². The maximum atomic E-state index is 13.5. The highest BCUT2D eigenvalue weighted by molar-refractivity contribution is 5.94. The minimum atomic E-state index is -4.52. The summed E-state index contributed by atoms with van der Waals surface area (Å²) in [6.07, 6.45) is -0.332. The summed E-state index contributed by atoms with van der Waals surface area (Å²) in [6, 6.07) is 11.3. The third-order valence-corrected chi connectivity index (χ3v) is 7.18. The molecule has 1 atom stereocenters. The van der Waals surface area contributed by atoms with Gasteiger partial charge in [-0.05, 0) is 78.8 Å². The number of aryl methyl sites for hydroxylation is 1. The van der Waals surface area contributed by atoms with E-state index < -0.39 is 17.7 Å². The maximum absolute atomic E-state index is 13.5. The van der Waals surface area contributed by atoms with E-state index in [0.29, 0.717) is 55.0 Å². The molecule has 2 aromatic carbocycles. The Labute approximate surface area is 242 Å². The lowest BCUT2D eigenvalue weighted by Crippen LogP contribution is -2.28. The molecule has 0 unspecified atom stereocenters. The molecule has 0 spiro atoms. The molecule has 7 nitrogen and oxygen atoms in total. The minimum Gasteiger partial charge on any atom is -0.457 e. The van der Waals surface area contributed by atoms with Crippen LogP contribution in [0.25, 0.3) is 0 Å². The quantitative estimate of drug-likeness (QED) is 0.295. The Morgan fingerprint density at radius 1 is 1.10 bits per heavy atom. The lowest BCUT2D eigenvalue weighted by molar-refractivity contribution is -0.137. The number of amides is 2. The van der Waals surface area contributed by atoms with E-state index in [1.807, 2.05) is 32.0 Å². The van der Waals surface area contributed by atoms with Crippen LogP contribution in [0.2, 0.25) is 0 Å². The Morgan fingerprint density at radius 2 is 1.90 bits per heavy atom. The second kappa shape index (κ2) is 12.5. The van der Waals surface area contributed by atoms with Gasteiger partial charge in [0.1, 0.15) is 17.3 Å². The van der Waals surface area contributed by atoms with Crippen LogP contribution < -0.4 is 20.7 Å². The molecule has 0 saturated heterocycles. The third-order valence-electron chi connectivity index (χ3n) is 7.18. The average Bonchev–Trinajstić information content (AvgIpc) is 2.91. The van der Waals surface area contributed by atoms with Gasteiger partial charge >= 0.3 is 6.18 Å². The molecule has 1 aliphatic heterocycles. The van der Waals surface area contributed by atoms with Crippen LogP contribution in [0.3, 0.4) is 0 Å². The van der Waals surface area contributed by atoms with Gasteiger partial charge in [-0.15, -0.1) is 12.4 Å². The third kappa shape index (κ3) is 7.37. The SMILES string of the molecule is CC(C)NCc1cc(NC(=O)[C@H]2CCc3ccc(Oc4ccnc5c4CCC(=O)N5)cc3C2)cc(C(F)(F)F)c1.Cl. The molecule has 2 aliphatic rings. The predicted molar refractivity (Wildman–Crippen MR) is 153 cm³/mol. The van der Waals surface area contributed by atoms with Crippen LogP contribution >= 0.6 is 12.4 Å². The van der Waals surface area contributed by atoms with Crippen LogP contribution in [-0.2, 0) is 41.6 Å². The van der Waals surface area contributed by atoms with Crippen molar-refractivity contribution >= 4 is 35.7 Å². The van der Waals surface area contributed by atoms with E-state index >= 15 is 0 Å². The molecule has 3 aromatic rings. The van der Waals surface area contributed by atoms with E-state index in [2.05, 4.69) is 20.9 Å². The van der Waals surface area contributed by atoms with Crippen molar-refractivity contribution in [3.63, 3.8) is 0 Å². The van der Waals surface area contributed by atoms with Gasteiger partial charge in [0.25, 0.3) is 0 Å². The molecule has 0 fully saturated rings. The van der Waals surface area contributed by atoms with E-state index in [1.165, 1.54) is 0 Å². The highest BCUT2D eigenvalue weighted by Crippen LogP contribution is 2.36. The summed E-state index contributed by atoms with van der Waals surface area (Å²) in [4.78, 5) is 29.1. The molecule has 1 aromatic heterocycles. The summed E-state index contributed by atoms with van der Waals surface area (Å²) in [5.74, 6) is 0.939. The van der Waals surface area contributed by atoms with Gasteiger partial charge in [-0.3, -0.25) is 9.59 Å². The average molecular weight is 589 g/mol. The van der Waals surface area contributed by atoms with Gasteiger partial charge in [-0.2, -0.15) is 13.2 Å². The Morgan fingerprint density at radius 3 is 2.66 bits per heavy atom. The van der Waals surface area contributed by atoms with Crippen molar-refractivity contribution in [3.8, 4) is 11.5 Å². The van der Waals surface area contributed by atoms with Gasteiger partial charge in [0, 0.05) is 42.4 Å².